The molecule has 0 bridgehead atoms. The Bertz CT molecular complexity index is 1030. The number of Topliss-reactive ketones (excluding diaryl/α,β-unsaturated/α-hetero) is 4. The van der Waals surface area contributed by atoms with E-state index in [2.05, 4.69) is 0 Å². The minimum Gasteiger partial charge on any atom is -0.399 e. The van der Waals surface area contributed by atoms with Crippen molar-refractivity contribution in [1.82, 2.24) is 0 Å². The lowest BCUT2D eigenvalue weighted by Gasteiger charge is -2.10. The monoisotopic (exact) mass is 450 g/mol. The van der Waals surface area contributed by atoms with Crippen molar-refractivity contribution in [1.29, 1.82) is 0 Å². The van der Waals surface area contributed by atoms with Crippen molar-refractivity contribution in [2.24, 2.45) is 0 Å². The number of amides is 1. The molecular weight excluding hydrogens is 429 g/mol. The number of carbonyl (C=O) groups is 5. The van der Waals surface area contributed by atoms with E-state index in [0.29, 0.717) is 16.8 Å². The summed E-state index contributed by atoms with van der Waals surface area (Å²) in [7, 11) is 0. The van der Waals surface area contributed by atoms with Gasteiger partial charge < -0.3 is 11.1 Å². The van der Waals surface area contributed by atoms with Crippen LogP contribution < -0.4 is 11.1 Å². The Hall–Kier alpha value is -3.82. The van der Waals surface area contributed by atoms with Crippen molar-refractivity contribution in [3.05, 3.63) is 58.7 Å². The number of nitrogens with one attached hydrogen (secondary N) is 1. The SMILES string of the molecule is CC(=O)c1cc(N)cc(C(C)=O)c1.CC(=O)c1cc(NC(=O)C(F)(F)F)cc(C(C)=O)c1. The molecule has 1 amide bonds. The second-order valence-corrected chi connectivity index (χ2v) is 6.82. The molecule has 170 valence electrons. The Morgan fingerprint density at radius 3 is 1.25 bits per heavy atom. The first-order valence-corrected chi connectivity index (χ1v) is 9.09. The van der Waals surface area contributed by atoms with Crippen molar-refractivity contribution in [2.45, 2.75) is 33.9 Å². The van der Waals surface area contributed by atoms with E-state index in [-0.39, 0.29) is 28.4 Å². The molecule has 0 aliphatic rings. The number of carbonyl (C=O) groups excluding carboxylic acids is 5. The van der Waals surface area contributed by atoms with Gasteiger partial charge in [-0.25, -0.2) is 0 Å². The fourth-order valence-corrected chi connectivity index (χ4v) is 2.37. The molecule has 0 atom stereocenters. The lowest BCUT2D eigenvalue weighted by molar-refractivity contribution is -0.167. The van der Waals surface area contributed by atoms with Crippen LogP contribution in [0.15, 0.2) is 36.4 Å². The molecule has 0 aliphatic heterocycles. The molecule has 0 heterocycles. The molecule has 2 aromatic carbocycles. The van der Waals surface area contributed by atoms with E-state index in [1.54, 1.807) is 23.5 Å². The van der Waals surface area contributed by atoms with Crippen LogP contribution in [0.3, 0.4) is 0 Å². The van der Waals surface area contributed by atoms with Gasteiger partial charge in [0.1, 0.15) is 0 Å². The standard InChI is InChI=1S/C12H10F3NO3.C10H11NO2/c1-6(17)8-3-9(7(2)18)5-10(4-8)16-11(19)12(13,14)15;1-6(12)8-3-9(7(2)13)5-10(11)4-8/h3-5H,1-2H3,(H,16,19);3-5H,11H2,1-2H3. The zero-order chi connectivity index (χ0) is 24.8. The third-order valence-electron chi connectivity index (χ3n) is 4.03. The highest BCUT2D eigenvalue weighted by Gasteiger charge is 2.38. The van der Waals surface area contributed by atoms with Gasteiger partial charge in [-0.3, -0.25) is 24.0 Å². The van der Waals surface area contributed by atoms with Crippen LogP contribution in [0.2, 0.25) is 0 Å². The van der Waals surface area contributed by atoms with Gasteiger partial charge in [-0.2, -0.15) is 13.2 Å². The number of anilines is 2. The van der Waals surface area contributed by atoms with Crippen LogP contribution in [-0.4, -0.2) is 35.2 Å². The summed E-state index contributed by atoms with van der Waals surface area (Å²) in [5, 5.41) is 1.60. The molecule has 0 fully saturated rings. The number of halogens is 3. The minimum atomic E-state index is -5.04. The summed E-state index contributed by atoms with van der Waals surface area (Å²) in [6.45, 7) is 5.29. The molecule has 0 spiro atoms. The molecule has 7 nitrogen and oxygen atoms in total. The van der Waals surface area contributed by atoms with Crippen molar-refractivity contribution < 1.29 is 37.1 Å². The minimum absolute atomic E-state index is 0.0465. The first kappa shape index (κ1) is 26.2. The zero-order valence-electron chi connectivity index (χ0n) is 17.7. The van der Waals surface area contributed by atoms with E-state index >= 15 is 0 Å². The Morgan fingerprint density at radius 1 is 0.656 bits per heavy atom. The van der Waals surface area contributed by atoms with Gasteiger partial charge in [-0.05, 0) is 64.1 Å². The van der Waals surface area contributed by atoms with E-state index < -0.39 is 23.6 Å². The van der Waals surface area contributed by atoms with E-state index in [9.17, 15) is 37.1 Å². The quantitative estimate of drug-likeness (QED) is 0.518. The number of ketones is 4. The Labute approximate surface area is 181 Å². The van der Waals surface area contributed by atoms with Crippen LogP contribution >= 0.6 is 0 Å². The highest BCUT2D eigenvalue weighted by Crippen LogP contribution is 2.21. The van der Waals surface area contributed by atoms with Gasteiger partial charge in [0.15, 0.2) is 23.1 Å². The van der Waals surface area contributed by atoms with E-state index in [4.69, 9.17) is 5.73 Å². The number of benzene rings is 2. The molecule has 0 radical (unpaired) electrons. The van der Waals surface area contributed by atoms with E-state index in [0.717, 1.165) is 12.1 Å². The summed E-state index contributed by atoms with van der Waals surface area (Å²) in [4.78, 5) is 55.2. The maximum atomic E-state index is 12.1. The Kier molecular flexibility index (Phi) is 8.58. The normalized spacial score (nSPS) is 10.5. The maximum Gasteiger partial charge on any atom is 0.471 e. The third kappa shape index (κ3) is 7.78. The number of hydrogen-bond donors (Lipinski definition) is 2. The summed E-state index contributed by atoms with van der Waals surface area (Å²) < 4.78 is 36.3. The van der Waals surface area contributed by atoms with Crippen molar-refractivity contribution in [2.75, 3.05) is 11.1 Å². The van der Waals surface area contributed by atoms with Crippen LogP contribution in [0, 0.1) is 0 Å². The number of nitrogen functional groups attached to an aromatic ring is 1. The molecule has 3 N–H and O–H groups in total. The Balaban J connectivity index is 0.000000343. The highest BCUT2D eigenvalue weighted by molar-refractivity contribution is 6.03. The molecule has 2 rings (SSSR count). The molecule has 0 saturated carbocycles. The number of hydrogen-bond acceptors (Lipinski definition) is 6. The molecule has 0 aliphatic carbocycles. The average molecular weight is 450 g/mol. The van der Waals surface area contributed by atoms with Gasteiger partial charge in [-0.15, -0.1) is 0 Å². The summed E-state index contributed by atoms with van der Waals surface area (Å²) in [5.74, 6) is -3.19. The average Bonchev–Trinajstić information content (AvgIpc) is 2.66. The van der Waals surface area contributed by atoms with E-state index in [1.165, 1.54) is 33.8 Å². The molecule has 0 unspecified atom stereocenters. The smallest absolute Gasteiger partial charge is 0.399 e. The molecule has 2 aromatic rings. The van der Waals surface area contributed by atoms with Gasteiger partial charge in [-0.1, -0.05) is 0 Å². The summed E-state index contributed by atoms with van der Waals surface area (Å²) >= 11 is 0. The third-order valence-corrected chi connectivity index (χ3v) is 4.03. The van der Waals surface area contributed by atoms with Gasteiger partial charge in [0, 0.05) is 33.6 Å². The predicted octanol–water partition coefficient (Wildman–Crippen LogP) is 4.27. The van der Waals surface area contributed by atoms with Crippen LogP contribution in [0.25, 0.3) is 0 Å². The highest BCUT2D eigenvalue weighted by atomic mass is 19.4. The summed E-state index contributed by atoms with van der Waals surface area (Å²) in [5.41, 5.74) is 6.77. The maximum absolute atomic E-state index is 12.1. The summed E-state index contributed by atoms with van der Waals surface area (Å²) in [6.07, 6.45) is -5.04. The largest absolute Gasteiger partial charge is 0.471 e. The number of alkyl halides is 3. The second-order valence-electron chi connectivity index (χ2n) is 6.82. The topological polar surface area (TPSA) is 123 Å². The number of rotatable bonds is 5. The lowest BCUT2D eigenvalue weighted by Crippen LogP contribution is -2.30. The van der Waals surface area contributed by atoms with Gasteiger partial charge in [0.25, 0.3) is 0 Å². The predicted molar refractivity (Wildman–Crippen MR) is 112 cm³/mol. The van der Waals surface area contributed by atoms with E-state index in [1.807, 2.05) is 0 Å². The van der Waals surface area contributed by atoms with Crippen molar-refractivity contribution in [3.63, 3.8) is 0 Å². The first-order valence-electron chi connectivity index (χ1n) is 9.09. The Morgan fingerprint density at radius 2 is 0.969 bits per heavy atom. The molecule has 32 heavy (non-hydrogen) atoms. The zero-order valence-corrected chi connectivity index (χ0v) is 17.7. The van der Waals surface area contributed by atoms with Crippen LogP contribution in [0.4, 0.5) is 24.5 Å². The first-order chi connectivity index (χ1) is 14.6. The number of nitrogens with two attached hydrogens (primary N) is 1. The van der Waals surface area contributed by atoms with Gasteiger partial charge in [0.05, 0.1) is 0 Å². The fraction of sp³-hybridized carbons (Fsp3) is 0.227. The second kappa shape index (κ2) is 10.5. The lowest BCUT2D eigenvalue weighted by atomic mass is 10.0. The molecule has 0 aromatic heterocycles. The summed E-state index contributed by atoms with van der Waals surface area (Å²) in [6, 6.07) is 8.11. The van der Waals surface area contributed by atoms with Crippen molar-refractivity contribution in [3.8, 4) is 0 Å². The van der Waals surface area contributed by atoms with Crippen LogP contribution in [-0.2, 0) is 4.79 Å². The van der Waals surface area contributed by atoms with Gasteiger partial charge >= 0.3 is 12.1 Å². The fourth-order valence-electron chi connectivity index (χ4n) is 2.37. The van der Waals surface area contributed by atoms with Gasteiger partial charge in [0.2, 0.25) is 0 Å². The molecular formula is C22H21F3N2O5. The molecule has 0 saturated heterocycles. The van der Waals surface area contributed by atoms with Crippen LogP contribution in [0.5, 0.6) is 0 Å². The molecule has 10 heteroatoms. The van der Waals surface area contributed by atoms with Crippen molar-refractivity contribution >= 4 is 40.4 Å². The van der Waals surface area contributed by atoms with Crippen LogP contribution in [0.1, 0.15) is 69.1 Å².